The van der Waals surface area contributed by atoms with Crippen molar-refractivity contribution in [2.24, 2.45) is 63.1 Å². The molecule has 0 amide bonds. The van der Waals surface area contributed by atoms with E-state index in [4.69, 9.17) is 18.9 Å². The van der Waals surface area contributed by atoms with Crippen molar-refractivity contribution in [3.63, 3.8) is 0 Å². The zero-order valence-corrected chi connectivity index (χ0v) is 35.0. The Hall–Kier alpha value is -0.240. The highest BCUT2D eigenvalue weighted by molar-refractivity contribution is 5.32. The minimum absolute atomic E-state index is 0.0239. The summed E-state index contributed by atoms with van der Waals surface area (Å²) in [7, 11) is 0. The topological polar surface area (TPSA) is 60.4 Å². The predicted octanol–water partition coefficient (Wildman–Crippen LogP) is 9.65. The number of hydrogen-bond acceptors (Lipinski definition) is 6. The zero-order chi connectivity index (χ0) is 36.8. The molecule has 1 N–H and O–H groups in total. The van der Waals surface area contributed by atoms with E-state index >= 15 is 0 Å². The van der Waals surface area contributed by atoms with Crippen LogP contribution in [0.15, 0.2) is 0 Å². The first kappa shape index (κ1) is 38.6. The average molecular weight is 726 g/mol. The van der Waals surface area contributed by atoms with Crippen molar-refractivity contribution in [3.05, 3.63) is 0 Å². The van der Waals surface area contributed by atoms with E-state index < -0.39 is 5.60 Å². The molecule has 0 aromatic rings. The molecule has 6 aliphatic carbocycles. The zero-order valence-electron chi connectivity index (χ0n) is 35.0. The van der Waals surface area contributed by atoms with E-state index in [9.17, 15) is 5.11 Å². The summed E-state index contributed by atoms with van der Waals surface area (Å²) in [6.45, 7) is 24.8. The van der Waals surface area contributed by atoms with Crippen LogP contribution in [0.25, 0.3) is 0 Å². The second-order valence-electron chi connectivity index (χ2n) is 21.4. The van der Waals surface area contributed by atoms with Crippen LogP contribution in [0.3, 0.4) is 0 Å². The van der Waals surface area contributed by atoms with Gasteiger partial charge in [0, 0.05) is 25.7 Å². The predicted molar refractivity (Wildman–Crippen MR) is 208 cm³/mol. The monoisotopic (exact) mass is 726 g/mol. The fraction of sp³-hybridized carbons (Fsp3) is 1.00. The van der Waals surface area contributed by atoms with Crippen LogP contribution in [0.1, 0.15) is 159 Å². The minimum atomic E-state index is -0.908. The lowest BCUT2D eigenvalue weighted by atomic mass is 9.45. The fourth-order valence-electron chi connectivity index (χ4n) is 16.5. The van der Waals surface area contributed by atoms with Gasteiger partial charge in [0.15, 0.2) is 6.29 Å². The van der Waals surface area contributed by atoms with Crippen molar-refractivity contribution >= 4 is 0 Å². The first-order chi connectivity index (χ1) is 24.7. The molecule has 0 bridgehead atoms. The van der Waals surface area contributed by atoms with E-state index in [0.29, 0.717) is 40.7 Å². The Bertz CT molecular complexity index is 1260. The Balaban J connectivity index is 0.963. The standard InChI is InChI=1S/C46H79NO5/c1-10-49-41(43(7,8)48)35-20-18-34-40(51-35)29(2)39-33-19-21-36-42(5,6)37(22-23-46(36)31(4)45(33,46)25-24-44(34,39)9)52-38-28-47(26-27-50-38)30(3)32-16-14-12-11-13-15-17-32/h29-41,48H,10-28H2,1-9H3/t29?,30-,31+,33?,34+,35?,36+,37+,38?,39?,40?,41+,44-,45+,46?/m1/s1. The molecule has 6 nitrogen and oxygen atoms in total. The molecule has 8 aliphatic rings. The SMILES string of the molecule is CCO[C@@H](C1CC[C@H]2C(O1)C(C)C1C3CC[C@H]4C(C)(C)[C@@H](OC5CN([C@H](C)C6CCCCCCC6)CCO5)CCC45[C@@H](C)[C@@]35CC[C@@]12C)C(C)(C)O. The third-order valence-corrected chi connectivity index (χ3v) is 18.8. The first-order valence-electron chi connectivity index (χ1n) is 22.7. The molecule has 0 radical (unpaired) electrons. The fourth-order valence-corrected chi connectivity index (χ4v) is 16.5. The Morgan fingerprint density at radius 3 is 2.29 bits per heavy atom. The summed E-state index contributed by atoms with van der Waals surface area (Å²) in [6.07, 6.45) is 20.3. The lowest BCUT2D eigenvalue weighted by molar-refractivity contribution is -0.249. The molecule has 15 atom stereocenters. The Morgan fingerprint density at radius 1 is 0.865 bits per heavy atom. The van der Waals surface area contributed by atoms with Crippen LogP contribution in [0.4, 0.5) is 0 Å². The van der Waals surface area contributed by atoms with Gasteiger partial charge in [0.2, 0.25) is 0 Å². The van der Waals surface area contributed by atoms with E-state index in [1.165, 1.54) is 89.9 Å². The number of hydrogen-bond donors (Lipinski definition) is 1. The van der Waals surface area contributed by atoms with E-state index in [1.807, 2.05) is 20.8 Å². The molecular formula is C46H79NO5. The molecule has 0 aromatic carbocycles. The molecule has 298 valence electrons. The second kappa shape index (κ2) is 14.0. The lowest BCUT2D eigenvalue weighted by Gasteiger charge is -2.60. The highest BCUT2D eigenvalue weighted by atomic mass is 16.7. The highest BCUT2D eigenvalue weighted by Crippen LogP contribution is 2.90. The van der Waals surface area contributed by atoms with E-state index in [0.717, 1.165) is 55.7 Å². The van der Waals surface area contributed by atoms with Gasteiger partial charge in [0.05, 0.1) is 30.5 Å². The van der Waals surface area contributed by atoms with Gasteiger partial charge in [0.1, 0.15) is 6.10 Å². The Labute approximate surface area is 318 Å². The highest BCUT2D eigenvalue weighted by Gasteiger charge is 2.85. The van der Waals surface area contributed by atoms with Gasteiger partial charge < -0.3 is 24.1 Å². The smallest absolute Gasteiger partial charge is 0.170 e. The van der Waals surface area contributed by atoms with Gasteiger partial charge in [0.25, 0.3) is 0 Å². The second-order valence-corrected chi connectivity index (χ2v) is 21.4. The van der Waals surface area contributed by atoms with Gasteiger partial charge in [-0.2, -0.15) is 0 Å². The van der Waals surface area contributed by atoms with Crippen molar-refractivity contribution in [2.45, 2.75) is 201 Å². The molecule has 8 fully saturated rings. The van der Waals surface area contributed by atoms with Gasteiger partial charge in [-0.3, -0.25) is 4.90 Å². The number of ether oxygens (including phenoxy) is 4. The molecule has 2 spiro atoms. The maximum absolute atomic E-state index is 11.1. The summed E-state index contributed by atoms with van der Waals surface area (Å²) in [6, 6.07) is 0.626. The number of rotatable bonds is 8. The average Bonchev–Trinajstić information content (AvgIpc) is 3.53. The summed E-state index contributed by atoms with van der Waals surface area (Å²) in [5, 5.41) is 11.1. The van der Waals surface area contributed by atoms with Crippen molar-refractivity contribution in [1.29, 1.82) is 0 Å². The van der Waals surface area contributed by atoms with Crippen LogP contribution in [0, 0.1) is 63.1 Å². The molecular weight excluding hydrogens is 647 g/mol. The van der Waals surface area contributed by atoms with Gasteiger partial charge >= 0.3 is 0 Å². The van der Waals surface area contributed by atoms with E-state index in [-0.39, 0.29) is 36.1 Å². The van der Waals surface area contributed by atoms with E-state index in [2.05, 4.69) is 46.4 Å². The Morgan fingerprint density at radius 2 is 1.58 bits per heavy atom. The van der Waals surface area contributed by atoms with Crippen molar-refractivity contribution in [3.8, 4) is 0 Å². The molecule has 6 saturated carbocycles. The van der Waals surface area contributed by atoms with Crippen molar-refractivity contribution in [1.82, 2.24) is 4.90 Å². The van der Waals surface area contributed by atoms with Crippen LogP contribution in [0.5, 0.6) is 0 Å². The lowest BCUT2D eigenvalue weighted by Crippen LogP contribution is -2.57. The summed E-state index contributed by atoms with van der Waals surface area (Å²) >= 11 is 0. The van der Waals surface area contributed by atoms with Gasteiger partial charge in [-0.15, -0.1) is 0 Å². The van der Waals surface area contributed by atoms with Crippen molar-refractivity contribution in [2.75, 3.05) is 26.3 Å². The van der Waals surface area contributed by atoms with Gasteiger partial charge in [-0.05, 0) is 155 Å². The molecule has 6 heteroatoms. The minimum Gasteiger partial charge on any atom is -0.388 e. The third kappa shape index (κ3) is 5.80. The number of fused-ring (bicyclic) bond motifs is 4. The summed E-state index contributed by atoms with van der Waals surface area (Å²) in [5.41, 5.74) is 0.536. The number of aliphatic hydroxyl groups is 1. The molecule has 8 rings (SSSR count). The van der Waals surface area contributed by atoms with Gasteiger partial charge in [-0.25, -0.2) is 0 Å². The van der Waals surface area contributed by atoms with Gasteiger partial charge in [-0.1, -0.05) is 66.7 Å². The molecule has 2 aliphatic heterocycles. The maximum atomic E-state index is 11.1. The molecule has 2 heterocycles. The molecule has 2 saturated heterocycles. The van der Waals surface area contributed by atoms with Crippen LogP contribution < -0.4 is 0 Å². The number of morpholine rings is 1. The largest absolute Gasteiger partial charge is 0.388 e. The number of nitrogens with zero attached hydrogens (tertiary/aromatic N) is 1. The summed E-state index contributed by atoms with van der Waals surface area (Å²) < 4.78 is 26.9. The molecule has 7 unspecified atom stereocenters. The van der Waals surface area contributed by atoms with Crippen LogP contribution >= 0.6 is 0 Å². The quantitative estimate of drug-likeness (QED) is 0.269. The normalized spacial score (nSPS) is 49.3. The Kier molecular flexibility index (Phi) is 10.4. The molecule has 52 heavy (non-hydrogen) atoms. The van der Waals surface area contributed by atoms with Crippen LogP contribution in [-0.4, -0.2) is 78.7 Å². The van der Waals surface area contributed by atoms with Crippen molar-refractivity contribution < 1.29 is 24.1 Å². The summed E-state index contributed by atoms with van der Waals surface area (Å²) in [5.74, 6) is 5.05. The summed E-state index contributed by atoms with van der Waals surface area (Å²) in [4.78, 5) is 2.73. The third-order valence-electron chi connectivity index (χ3n) is 18.8. The van der Waals surface area contributed by atoms with Crippen LogP contribution in [0.2, 0.25) is 0 Å². The van der Waals surface area contributed by atoms with E-state index in [1.54, 1.807) is 0 Å². The van der Waals surface area contributed by atoms with Crippen LogP contribution in [-0.2, 0) is 18.9 Å². The molecule has 0 aromatic heterocycles. The first-order valence-corrected chi connectivity index (χ1v) is 22.7. The maximum Gasteiger partial charge on any atom is 0.170 e.